The number of hydrogen-bond donors (Lipinski definition) is 2. The molecular formula is C13H16F4N2O. The van der Waals surface area contributed by atoms with E-state index in [9.17, 15) is 22.7 Å². The smallest absolute Gasteiger partial charge is 0.394 e. The number of aliphatic hydroxyl groups excluding tert-OH is 1. The molecule has 1 atom stereocenters. The third-order valence-electron chi connectivity index (χ3n) is 3.45. The van der Waals surface area contributed by atoms with Crippen LogP contribution in [-0.4, -0.2) is 42.8 Å². The zero-order valence-corrected chi connectivity index (χ0v) is 10.8. The second-order valence-corrected chi connectivity index (χ2v) is 4.72. The minimum atomic E-state index is -4.52. The van der Waals surface area contributed by atoms with Crippen molar-refractivity contribution in [3.63, 3.8) is 0 Å². The lowest BCUT2D eigenvalue weighted by atomic mass is 10.0. The molecular weight excluding hydrogens is 276 g/mol. The average Bonchev–Trinajstić information content (AvgIpc) is 2.41. The zero-order valence-electron chi connectivity index (χ0n) is 10.8. The summed E-state index contributed by atoms with van der Waals surface area (Å²) in [7, 11) is 0. The predicted molar refractivity (Wildman–Crippen MR) is 65.7 cm³/mol. The van der Waals surface area contributed by atoms with Crippen molar-refractivity contribution in [2.24, 2.45) is 0 Å². The van der Waals surface area contributed by atoms with Gasteiger partial charge in [0, 0.05) is 31.7 Å². The maximum Gasteiger partial charge on any atom is 0.416 e. The lowest BCUT2D eigenvalue weighted by Gasteiger charge is -2.34. The third kappa shape index (κ3) is 3.28. The van der Waals surface area contributed by atoms with Crippen LogP contribution in [0, 0.1) is 5.82 Å². The van der Waals surface area contributed by atoms with Gasteiger partial charge in [0.2, 0.25) is 0 Å². The molecule has 1 aromatic rings. The van der Waals surface area contributed by atoms with Crippen LogP contribution in [0.2, 0.25) is 0 Å². The predicted octanol–water partition coefficient (Wildman–Crippen LogP) is 1.78. The molecule has 1 saturated heterocycles. The van der Waals surface area contributed by atoms with Gasteiger partial charge >= 0.3 is 6.18 Å². The van der Waals surface area contributed by atoms with Gasteiger partial charge in [0.05, 0.1) is 18.2 Å². The first kappa shape index (κ1) is 15.2. The number of nitrogens with zero attached hydrogens (tertiary/aromatic N) is 1. The van der Waals surface area contributed by atoms with Crippen LogP contribution in [0.3, 0.4) is 0 Å². The molecule has 0 amide bonds. The summed E-state index contributed by atoms with van der Waals surface area (Å²) < 4.78 is 51.9. The van der Waals surface area contributed by atoms with E-state index in [0.717, 1.165) is 12.1 Å². The molecule has 0 aromatic heterocycles. The molecule has 0 saturated carbocycles. The molecule has 2 rings (SSSR count). The van der Waals surface area contributed by atoms with Crippen molar-refractivity contribution in [3.8, 4) is 0 Å². The number of alkyl halides is 3. The number of hydrogen-bond acceptors (Lipinski definition) is 3. The first-order valence-corrected chi connectivity index (χ1v) is 6.35. The summed E-state index contributed by atoms with van der Waals surface area (Å²) in [5, 5.41) is 12.5. The molecule has 1 aliphatic rings. The molecule has 3 nitrogen and oxygen atoms in total. The van der Waals surface area contributed by atoms with Crippen LogP contribution in [0.1, 0.15) is 17.2 Å². The summed E-state index contributed by atoms with van der Waals surface area (Å²) in [6.45, 7) is 2.02. The molecule has 1 aliphatic heterocycles. The van der Waals surface area contributed by atoms with E-state index in [1.54, 1.807) is 4.90 Å². The summed E-state index contributed by atoms with van der Waals surface area (Å²) in [5.41, 5.74) is -1.01. The van der Waals surface area contributed by atoms with Gasteiger partial charge in [0.1, 0.15) is 5.82 Å². The molecule has 112 valence electrons. The van der Waals surface area contributed by atoms with Crippen molar-refractivity contribution in [2.75, 3.05) is 32.8 Å². The second-order valence-electron chi connectivity index (χ2n) is 4.72. The highest BCUT2D eigenvalue weighted by atomic mass is 19.4. The molecule has 20 heavy (non-hydrogen) atoms. The van der Waals surface area contributed by atoms with Gasteiger partial charge in [-0.05, 0) is 18.2 Å². The number of halogens is 4. The summed E-state index contributed by atoms with van der Waals surface area (Å²) in [6, 6.07) is 1.56. The Morgan fingerprint density at radius 2 is 1.90 bits per heavy atom. The summed E-state index contributed by atoms with van der Waals surface area (Å²) in [5.74, 6) is -0.726. The average molecular weight is 292 g/mol. The van der Waals surface area contributed by atoms with Crippen LogP contribution in [0.5, 0.6) is 0 Å². The Hall–Kier alpha value is -1.18. The van der Waals surface area contributed by atoms with Gasteiger partial charge in [-0.2, -0.15) is 13.2 Å². The van der Waals surface area contributed by atoms with Gasteiger partial charge in [-0.15, -0.1) is 0 Å². The van der Waals surface area contributed by atoms with Gasteiger partial charge in [0.15, 0.2) is 0 Å². The van der Waals surface area contributed by atoms with E-state index in [2.05, 4.69) is 5.32 Å². The standard InChI is InChI=1S/C13H16F4N2O/c14-11-2-1-9(13(15,16)17)7-10(11)12(8-20)19-5-3-18-4-6-19/h1-2,7,12,18,20H,3-6,8H2/t12-/m0/s1. The van der Waals surface area contributed by atoms with Crippen molar-refractivity contribution in [2.45, 2.75) is 12.2 Å². The molecule has 7 heteroatoms. The Morgan fingerprint density at radius 1 is 1.25 bits per heavy atom. The quantitative estimate of drug-likeness (QED) is 0.834. The highest BCUT2D eigenvalue weighted by Gasteiger charge is 2.33. The second kappa shape index (κ2) is 6.07. The van der Waals surface area contributed by atoms with Gasteiger partial charge in [-0.3, -0.25) is 4.90 Å². The number of nitrogens with one attached hydrogen (secondary N) is 1. The van der Waals surface area contributed by atoms with Crippen LogP contribution >= 0.6 is 0 Å². The maximum atomic E-state index is 13.8. The van der Waals surface area contributed by atoms with Crippen molar-refractivity contribution < 1.29 is 22.7 Å². The van der Waals surface area contributed by atoms with Crippen LogP contribution in [0.25, 0.3) is 0 Å². The van der Waals surface area contributed by atoms with Crippen molar-refractivity contribution in [1.82, 2.24) is 10.2 Å². The van der Waals surface area contributed by atoms with E-state index in [1.807, 2.05) is 0 Å². The summed E-state index contributed by atoms with van der Waals surface area (Å²) >= 11 is 0. The molecule has 1 heterocycles. The maximum absolute atomic E-state index is 13.8. The Morgan fingerprint density at radius 3 is 2.45 bits per heavy atom. The van der Waals surface area contributed by atoms with Crippen molar-refractivity contribution >= 4 is 0 Å². The monoisotopic (exact) mass is 292 g/mol. The Kier molecular flexibility index (Phi) is 4.62. The third-order valence-corrected chi connectivity index (χ3v) is 3.45. The largest absolute Gasteiger partial charge is 0.416 e. The number of piperazine rings is 1. The lowest BCUT2D eigenvalue weighted by Crippen LogP contribution is -2.46. The molecule has 2 N–H and O–H groups in total. The van der Waals surface area contributed by atoms with Crippen LogP contribution in [-0.2, 0) is 6.18 Å². The van der Waals surface area contributed by atoms with E-state index in [0.29, 0.717) is 32.2 Å². The van der Waals surface area contributed by atoms with Crippen LogP contribution in [0.4, 0.5) is 17.6 Å². The zero-order chi connectivity index (χ0) is 14.8. The first-order valence-electron chi connectivity index (χ1n) is 6.35. The van der Waals surface area contributed by atoms with Crippen molar-refractivity contribution in [3.05, 3.63) is 35.1 Å². The van der Waals surface area contributed by atoms with E-state index in [1.165, 1.54) is 0 Å². The minimum absolute atomic E-state index is 0.107. The lowest BCUT2D eigenvalue weighted by molar-refractivity contribution is -0.137. The van der Waals surface area contributed by atoms with Gasteiger partial charge < -0.3 is 10.4 Å². The van der Waals surface area contributed by atoms with Crippen LogP contribution < -0.4 is 5.32 Å². The molecule has 0 aliphatic carbocycles. The van der Waals surface area contributed by atoms with Gasteiger partial charge in [-0.1, -0.05) is 0 Å². The molecule has 0 radical (unpaired) electrons. The summed E-state index contributed by atoms with van der Waals surface area (Å²) in [6.07, 6.45) is -4.52. The summed E-state index contributed by atoms with van der Waals surface area (Å²) in [4.78, 5) is 1.79. The van der Waals surface area contributed by atoms with Crippen molar-refractivity contribution in [1.29, 1.82) is 0 Å². The highest BCUT2D eigenvalue weighted by molar-refractivity contribution is 5.29. The number of aliphatic hydroxyl groups is 1. The molecule has 0 unspecified atom stereocenters. The van der Waals surface area contributed by atoms with Gasteiger partial charge in [-0.25, -0.2) is 4.39 Å². The molecule has 0 spiro atoms. The van der Waals surface area contributed by atoms with E-state index in [-0.39, 0.29) is 5.56 Å². The number of rotatable bonds is 3. The Labute approximate surface area is 114 Å². The van der Waals surface area contributed by atoms with Crippen LogP contribution in [0.15, 0.2) is 18.2 Å². The Bertz CT molecular complexity index is 458. The number of benzene rings is 1. The molecule has 1 fully saturated rings. The SMILES string of the molecule is OC[C@@H](c1cc(C(F)(F)F)ccc1F)N1CCNCC1. The highest BCUT2D eigenvalue weighted by Crippen LogP contribution is 2.33. The van der Waals surface area contributed by atoms with E-state index >= 15 is 0 Å². The fraction of sp³-hybridized carbons (Fsp3) is 0.538. The van der Waals surface area contributed by atoms with E-state index < -0.39 is 30.2 Å². The topological polar surface area (TPSA) is 35.5 Å². The fourth-order valence-electron chi connectivity index (χ4n) is 2.38. The Balaban J connectivity index is 2.32. The molecule has 1 aromatic carbocycles. The van der Waals surface area contributed by atoms with Gasteiger partial charge in [0.25, 0.3) is 0 Å². The van der Waals surface area contributed by atoms with E-state index in [4.69, 9.17) is 0 Å². The first-order chi connectivity index (χ1) is 9.43. The fourth-order valence-corrected chi connectivity index (χ4v) is 2.38. The molecule has 0 bridgehead atoms. The minimum Gasteiger partial charge on any atom is -0.394 e. The normalized spacial score (nSPS) is 19.1.